The van der Waals surface area contributed by atoms with Gasteiger partial charge in [-0.15, -0.1) is 0 Å². The number of aliphatic hydroxyl groups is 1. The maximum Gasteiger partial charge on any atom is 0.416 e. The van der Waals surface area contributed by atoms with E-state index in [1.165, 1.54) is 0 Å². The van der Waals surface area contributed by atoms with E-state index >= 15 is 0 Å². The van der Waals surface area contributed by atoms with Crippen molar-refractivity contribution in [3.8, 4) is 0 Å². The van der Waals surface area contributed by atoms with Gasteiger partial charge in [0.25, 0.3) is 0 Å². The van der Waals surface area contributed by atoms with E-state index in [0.29, 0.717) is 24.7 Å². The number of halogens is 3. The molecule has 4 fully saturated rings. The van der Waals surface area contributed by atoms with Crippen molar-refractivity contribution in [2.24, 2.45) is 17.3 Å². The van der Waals surface area contributed by atoms with Crippen LogP contribution in [0.15, 0.2) is 0 Å². The fourth-order valence-corrected chi connectivity index (χ4v) is 5.47. The molecule has 4 nitrogen and oxygen atoms in total. The predicted molar refractivity (Wildman–Crippen MR) is 97.6 cm³/mol. The van der Waals surface area contributed by atoms with Gasteiger partial charge < -0.3 is 14.6 Å². The van der Waals surface area contributed by atoms with Crippen LogP contribution >= 0.6 is 0 Å². The lowest BCUT2D eigenvalue weighted by Gasteiger charge is -2.61. The van der Waals surface area contributed by atoms with Crippen molar-refractivity contribution in [2.45, 2.75) is 102 Å². The van der Waals surface area contributed by atoms with Crippen molar-refractivity contribution in [3.05, 3.63) is 0 Å². The van der Waals surface area contributed by atoms with E-state index in [1.54, 1.807) is 0 Å². The van der Waals surface area contributed by atoms with Gasteiger partial charge >= 0.3 is 12.1 Å². The van der Waals surface area contributed by atoms with Gasteiger partial charge in [-0.1, -0.05) is 6.92 Å². The lowest BCUT2D eigenvalue weighted by Crippen LogP contribution is -2.62. The average molecular weight is 406 g/mol. The van der Waals surface area contributed by atoms with Crippen LogP contribution in [0.2, 0.25) is 0 Å². The first-order valence-corrected chi connectivity index (χ1v) is 10.4. The van der Waals surface area contributed by atoms with Crippen LogP contribution in [0.3, 0.4) is 0 Å². The maximum atomic E-state index is 12.9. The molecule has 0 heterocycles. The molecule has 0 aromatic heterocycles. The van der Waals surface area contributed by atoms with Crippen LogP contribution in [-0.2, 0) is 14.3 Å². The zero-order valence-electron chi connectivity index (χ0n) is 17.3. The fourth-order valence-electron chi connectivity index (χ4n) is 5.47. The van der Waals surface area contributed by atoms with Gasteiger partial charge in [-0.2, -0.15) is 13.2 Å². The molecule has 0 saturated heterocycles. The fraction of sp³-hybridized carbons (Fsp3) is 0.952. The van der Waals surface area contributed by atoms with Crippen LogP contribution in [-0.4, -0.2) is 40.7 Å². The standard InChI is InChI=1S/C21H33F3O4/c1-5-17(2,3)16(25)28-20-11-14-8-15(12-20)10-19(9-14,13-20)27-7-6-18(4,26)21(22,23)24/h14-15,26H,5-13H2,1-4H3. The van der Waals surface area contributed by atoms with Crippen LogP contribution in [0.4, 0.5) is 13.2 Å². The second-order valence-corrected chi connectivity index (χ2v) is 10.3. The molecule has 28 heavy (non-hydrogen) atoms. The van der Waals surface area contributed by atoms with Gasteiger partial charge in [0.2, 0.25) is 0 Å². The van der Waals surface area contributed by atoms with Gasteiger partial charge in [0.05, 0.1) is 17.6 Å². The summed E-state index contributed by atoms with van der Waals surface area (Å²) in [4.78, 5) is 12.7. The topological polar surface area (TPSA) is 55.8 Å². The van der Waals surface area contributed by atoms with Crippen molar-refractivity contribution in [3.63, 3.8) is 0 Å². The Morgan fingerprint density at radius 1 is 1.07 bits per heavy atom. The lowest BCUT2D eigenvalue weighted by atomic mass is 9.52. The molecular weight excluding hydrogens is 373 g/mol. The Morgan fingerprint density at radius 3 is 2.11 bits per heavy atom. The molecule has 0 amide bonds. The molecule has 4 aliphatic carbocycles. The van der Waals surface area contributed by atoms with Gasteiger partial charge in [-0.25, -0.2) is 0 Å². The molecule has 0 radical (unpaired) electrons. The summed E-state index contributed by atoms with van der Waals surface area (Å²) in [7, 11) is 0. The minimum Gasteiger partial charge on any atom is -0.459 e. The summed E-state index contributed by atoms with van der Waals surface area (Å²) < 4.78 is 50.8. The van der Waals surface area contributed by atoms with Crippen LogP contribution in [0.25, 0.3) is 0 Å². The van der Waals surface area contributed by atoms with E-state index in [4.69, 9.17) is 9.47 Å². The minimum absolute atomic E-state index is 0.156. The van der Waals surface area contributed by atoms with Crippen LogP contribution in [0, 0.1) is 17.3 Å². The van der Waals surface area contributed by atoms with E-state index in [2.05, 4.69) is 0 Å². The maximum absolute atomic E-state index is 12.9. The number of alkyl halides is 3. The van der Waals surface area contributed by atoms with Crippen molar-refractivity contribution in [1.82, 2.24) is 0 Å². The minimum atomic E-state index is -4.68. The van der Waals surface area contributed by atoms with Gasteiger partial charge in [0.15, 0.2) is 5.60 Å². The summed E-state index contributed by atoms with van der Waals surface area (Å²) in [6.07, 6.45) is 0.365. The zero-order chi connectivity index (χ0) is 21.0. The molecule has 4 bridgehead atoms. The number of ether oxygens (including phenoxy) is 2. The first-order chi connectivity index (χ1) is 12.7. The summed E-state index contributed by atoms with van der Waals surface area (Å²) in [5, 5.41) is 9.68. The Labute approximate surface area is 165 Å². The predicted octanol–water partition coefficient (Wildman–Crippen LogP) is 4.78. The van der Waals surface area contributed by atoms with E-state index in [1.807, 2.05) is 20.8 Å². The molecule has 0 aliphatic heterocycles. The molecule has 0 aromatic rings. The average Bonchev–Trinajstić information content (AvgIpc) is 2.51. The zero-order valence-corrected chi connectivity index (χ0v) is 17.3. The molecule has 4 aliphatic rings. The molecule has 1 N–H and O–H groups in total. The van der Waals surface area contributed by atoms with Crippen molar-refractivity contribution >= 4 is 5.97 Å². The van der Waals surface area contributed by atoms with E-state index in [0.717, 1.165) is 39.0 Å². The van der Waals surface area contributed by atoms with Crippen LogP contribution in [0.5, 0.6) is 0 Å². The summed E-state index contributed by atoms with van der Waals surface area (Å²) in [6.45, 7) is 6.34. The summed E-state index contributed by atoms with van der Waals surface area (Å²) in [5.74, 6) is 0.552. The van der Waals surface area contributed by atoms with Crippen LogP contribution < -0.4 is 0 Å². The third kappa shape index (κ3) is 4.07. The molecule has 0 spiro atoms. The molecular formula is C21H33F3O4. The number of hydrogen-bond acceptors (Lipinski definition) is 4. The number of rotatable bonds is 7. The molecule has 3 atom stereocenters. The number of carbonyl (C=O) groups is 1. The van der Waals surface area contributed by atoms with E-state index in [-0.39, 0.29) is 12.6 Å². The largest absolute Gasteiger partial charge is 0.459 e. The number of carbonyl (C=O) groups excluding carboxylic acids is 1. The van der Waals surface area contributed by atoms with Gasteiger partial charge in [0, 0.05) is 12.8 Å². The highest BCUT2D eigenvalue weighted by Crippen LogP contribution is 2.60. The second kappa shape index (κ2) is 6.86. The highest BCUT2D eigenvalue weighted by molar-refractivity contribution is 5.76. The van der Waals surface area contributed by atoms with E-state index in [9.17, 15) is 23.1 Å². The molecule has 4 saturated carbocycles. The first kappa shape index (κ1) is 21.9. The quantitative estimate of drug-likeness (QED) is 0.619. The van der Waals surface area contributed by atoms with Crippen molar-refractivity contribution < 1.29 is 32.5 Å². The number of hydrogen-bond donors (Lipinski definition) is 1. The molecule has 3 unspecified atom stereocenters. The van der Waals surface area contributed by atoms with E-state index < -0.39 is 34.8 Å². The van der Waals surface area contributed by atoms with Crippen LogP contribution in [0.1, 0.15) is 79.1 Å². The van der Waals surface area contributed by atoms with Crippen molar-refractivity contribution in [1.29, 1.82) is 0 Å². The Kier molecular flexibility index (Phi) is 5.36. The Hall–Kier alpha value is -0.820. The highest BCUT2D eigenvalue weighted by Gasteiger charge is 2.61. The first-order valence-electron chi connectivity index (χ1n) is 10.4. The third-order valence-electron chi connectivity index (χ3n) is 7.31. The Balaban J connectivity index is 1.69. The Morgan fingerprint density at radius 2 is 1.61 bits per heavy atom. The smallest absolute Gasteiger partial charge is 0.416 e. The normalized spacial score (nSPS) is 37.0. The molecule has 162 valence electrons. The monoisotopic (exact) mass is 406 g/mol. The third-order valence-corrected chi connectivity index (χ3v) is 7.31. The van der Waals surface area contributed by atoms with Gasteiger partial charge in [-0.3, -0.25) is 4.79 Å². The Bertz CT molecular complexity index is 597. The second-order valence-electron chi connectivity index (χ2n) is 10.3. The van der Waals surface area contributed by atoms with Gasteiger partial charge in [0.1, 0.15) is 5.60 Å². The summed E-state index contributed by atoms with van der Waals surface area (Å²) in [5.41, 5.74) is -4.41. The van der Waals surface area contributed by atoms with Crippen molar-refractivity contribution in [2.75, 3.05) is 6.61 Å². The molecule has 7 heteroatoms. The number of esters is 1. The molecule has 4 rings (SSSR count). The van der Waals surface area contributed by atoms with Gasteiger partial charge in [-0.05, 0) is 71.1 Å². The summed E-state index contributed by atoms with van der Waals surface area (Å²) >= 11 is 0. The molecule has 0 aromatic carbocycles. The lowest BCUT2D eigenvalue weighted by molar-refractivity contribution is -0.268. The highest BCUT2D eigenvalue weighted by atomic mass is 19.4. The SMILES string of the molecule is CCC(C)(C)C(=O)OC12CC3CC(CC(OCCC(C)(O)C(F)(F)F)(C3)C1)C2. The summed E-state index contributed by atoms with van der Waals surface area (Å²) in [6, 6.07) is 0.